The minimum absolute atomic E-state index is 0.311. The number of hydrogen-bond donors (Lipinski definition) is 1. The number of likely N-dealkylation sites (N-methyl/N-ethyl adjacent to an activating group) is 1. The standard InChI is InChI=1S/C10H20N2O/c1-11-6-4-10(9-11)3-2-5-12(10)7-8-13/h13H,2-9H2,1H3. The first-order valence-corrected chi connectivity index (χ1v) is 5.31. The molecule has 2 saturated heterocycles. The molecule has 0 aromatic heterocycles. The van der Waals surface area contributed by atoms with E-state index in [1.807, 2.05) is 0 Å². The summed E-state index contributed by atoms with van der Waals surface area (Å²) in [6.07, 6.45) is 3.94. The largest absolute Gasteiger partial charge is 0.395 e. The van der Waals surface area contributed by atoms with Crippen molar-refractivity contribution in [1.29, 1.82) is 0 Å². The first-order chi connectivity index (χ1) is 6.27. The van der Waals surface area contributed by atoms with Crippen LogP contribution >= 0.6 is 0 Å². The van der Waals surface area contributed by atoms with E-state index in [9.17, 15) is 0 Å². The zero-order valence-corrected chi connectivity index (χ0v) is 8.50. The van der Waals surface area contributed by atoms with Crippen molar-refractivity contribution in [2.75, 3.05) is 39.8 Å². The van der Waals surface area contributed by atoms with E-state index in [0.717, 1.165) is 6.54 Å². The van der Waals surface area contributed by atoms with Gasteiger partial charge in [-0.1, -0.05) is 0 Å². The molecule has 2 aliphatic rings. The van der Waals surface area contributed by atoms with Crippen LogP contribution in [0.15, 0.2) is 0 Å². The average Bonchev–Trinajstić information content (AvgIpc) is 2.64. The third-order valence-corrected chi connectivity index (χ3v) is 3.63. The van der Waals surface area contributed by atoms with E-state index < -0.39 is 0 Å². The quantitative estimate of drug-likeness (QED) is 0.662. The molecule has 0 radical (unpaired) electrons. The van der Waals surface area contributed by atoms with Crippen molar-refractivity contribution in [2.24, 2.45) is 0 Å². The van der Waals surface area contributed by atoms with E-state index in [2.05, 4.69) is 16.8 Å². The highest BCUT2D eigenvalue weighted by Gasteiger charge is 2.44. The fourth-order valence-electron chi connectivity index (χ4n) is 2.99. The van der Waals surface area contributed by atoms with Crippen LogP contribution in [0.5, 0.6) is 0 Å². The van der Waals surface area contributed by atoms with Gasteiger partial charge in [-0.15, -0.1) is 0 Å². The molecule has 2 heterocycles. The van der Waals surface area contributed by atoms with Crippen LogP contribution in [0.2, 0.25) is 0 Å². The highest BCUT2D eigenvalue weighted by Crippen LogP contribution is 2.36. The number of nitrogens with zero attached hydrogens (tertiary/aromatic N) is 2. The summed E-state index contributed by atoms with van der Waals surface area (Å²) in [5, 5.41) is 8.98. The zero-order chi connectivity index (χ0) is 9.31. The van der Waals surface area contributed by atoms with Gasteiger partial charge in [-0.2, -0.15) is 0 Å². The van der Waals surface area contributed by atoms with Crippen LogP contribution in [0.25, 0.3) is 0 Å². The molecular weight excluding hydrogens is 164 g/mol. The van der Waals surface area contributed by atoms with Crippen LogP contribution in [0.3, 0.4) is 0 Å². The van der Waals surface area contributed by atoms with Crippen molar-refractivity contribution < 1.29 is 5.11 Å². The lowest BCUT2D eigenvalue weighted by Gasteiger charge is -2.34. The molecular formula is C10H20N2O. The molecule has 0 bridgehead atoms. The Bertz CT molecular complexity index is 186. The second kappa shape index (κ2) is 3.56. The molecule has 3 nitrogen and oxygen atoms in total. The zero-order valence-electron chi connectivity index (χ0n) is 8.50. The Morgan fingerprint density at radius 1 is 1.31 bits per heavy atom. The SMILES string of the molecule is CN1CCC2(CCCN2CCO)C1. The van der Waals surface area contributed by atoms with E-state index in [4.69, 9.17) is 5.11 Å². The molecule has 0 aromatic rings. The summed E-state index contributed by atoms with van der Waals surface area (Å²) < 4.78 is 0. The monoisotopic (exact) mass is 184 g/mol. The van der Waals surface area contributed by atoms with Gasteiger partial charge in [0.25, 0.3) is 0 Å². The summed E-state index contributed by atoms with van der Waals surface area (Å²) in [5.74, 6) is 0. The van der Waals surface area contributed by atoms with Crippen LogP contribution in [-0.4, -0.2) is 60.3 Å². The van der Waals surface area contributed by atoms with E-state index in [1.54, 1.807) is 0 Å². The van der Waals surface area contributed by atoms with Crippen LogP contribution in [0.4, 0.5) is 0 Å². The van der Waals surface area contributed by atoms with Crippen LogP contribution < -0.4 is 0 Å². The van der Waals surface area contributed by atoms with Gasteiger partial charge in [0.05, 0.1) is 6.61 Å². The third-order valence-electron chi connectivity index (χ3n) is 3.63. The van der Waals surface area contributed by atoms with Crippen molar-refractivity contribution in [3.8, 4) is 0 Å². The molecule has 1 atom stereocenters. The molecule has 1 spiro atoms. The number of β-amino-alcohol motifs (C(OH)–C–C–N with tert-alkyl or cyclic N) is 1. The topological polar surface area (TPSA) is 26.7 Å². The lowest BCUT2D eigenvalue weighted by Crippen LogP contribution is -2.46. The van der Waals surface area contributed by atoms with E-state index in [1.165, 1.54) is 38.9 Å². The smallest absolute Gasteiger partial charge is 0.0558 e. The van der Waals surface area contributed by atoms with Gasteiger partial charge in [-0.3, -0.25) is 4.90 Å². The summed E-state index contributed by atoms with van der Waals surface area (Å²) in [6.45, 7) is 4.79. The fourth-order valence-corrected chi connectivity index (χ4v) is 2.99. The normalized spacial score (nSPS) is 36.5. The van der Waals surface area contributed by atoms with Crippen molar-refractivity contribution in [3.63, 3.8) is 0 Å². The Morgan fingerprint density at radius 2 is 2.15 bits per heavy atom. The lowest BCUT2D eigenvalue weighted by atomic mass is 9.95. The Balaban J connectivity index is 2.03. The molecule has 3 heteroatoms. The molecule has 1 unspecified atom stereocenters. The third kappa shape index (κ3) is 1.60. The fraction of sp³-hybridized carbons (Fsp3) is 1.00. The van der Waals surface area contributed by atoms with Gasteiger partial charge in [-0.25, -0.2) is 0 Å². The number of aliphatic hydroxyl groups is 1. The first kappa shape index (κ1) is 9.44. The Kier molecular flexibility index (Phi) is 2.58. The Labute approximate surface area is 80.3 Å². The van der Waals surface area contributed by atoms with Gasteiger partial charge in [0.1, 0.15) is 0 Å². The Morgan fingerprint density at radius 3 is 2.77 bits per heavy atom. The minimum Gasteiger partial charge on any atom is -0.395 e. The number of likely N-dealkylation sites (tertiary alicyclic amines) is 2. The van der Waals surface area contributed by atoms with Crippen molar-refractivity contribution in [1.82, 2.24) is 9.80 Å². The number of aliphatic hydroxyl groups excluding tert-OH is 1. The first-order valence-electron chi connectivity index (χ1n) is 5.31. The summed E-state index contributed by atoms with van der Waals surface area (Å²) in [7, 11) is 2.20. The van der Waals surface area contributed by atoms with Gasteiger partial charge >= 0.3 is 0 Å². The maximum absolute atomic E-state index is 8.98. The Hall–Kier alpha value is -0.120. The molecule has 2 aliphatic heterocycles. The van der Waals surface area contributed by atoms with Gasteiger partial charge in [0.15, 0.2) is 0 Å². The second-order valence-corrected chi connectivity index (χ2v) is 4.53. The molecule has 0 amide bonds. The highest BCUT2D eigenvalue weighted by molar-refractivity contribution is 5.01. The number of rotatable bonds is 2. The van der Waals surface area contributed by atoms with Crippen LogP contribution in [-0.2, 0) is 0 Å². The minimum atomic E-state index is 0.311. The van der Waals surface area contributed by atoms with Gasteiger partial charge in [0, 0.05) is 18.6 Å². The molecule has 0 aliphatic carbocycles. The van der Waals surface area contributed by atoms with E-state index in [0.29, 0.717) is 12.1 Å². The molecule has 0 aromatic carbocycles. The van der Waals surface area contributed by atoms with Crippen molar-refractivity contribution in [3.05, 3.63) is 0 Å². The highest BCUT2D eigenvalue weighted by atomic mass is 16.3. The van der Waals surface area contributed by atoms with Crippen LogP contribution in [0.1, 0.15) is 19.3 Å². The summed E-state index contributed by atoms with van der Waals surface area (Å²) in [6, 6.07) is 0. The van der Waals surface area contributed by atoms with Crippen molar-refractivity contribution >= 4 is 0 Å². The van der Waals surface area contributed by atoms with Gasteiger partial charge < -0.3 is 10.0 Å². The molecule has 2 rings (SSSR count). The van der Waals surface area contributed by atoms with Gasteiger partial charge in [0.2, 0.25) is 0 Å². The van der Waals surface area contributed by atoms with E-state index >= 15 is 0 Å². The lowest BCUT2D eigenvalue weighted by molar-refractivity contribution is 0.115. The van der Waals surface area contributed by atoms with Crippen LogP contribution in [0, 0.1) is 0 Å². The van der Waals surface area contributed by atoms with Gasteiger partial charge in [-0.05, 0) is 39.4 Å². The summed E-state index contributed by atoms with van der Waals surface area (Å²) in [5.41, 5.74) is 0.428. The molecule has 0 saturated carbocycles. The molecule has 1 N–H and O–H groups in total. The maximum atomic E-state index is 8.98. The molecule has 13 heavy (non-hydrogen) atoms. The molecule has 76 valence electrons. The van der Waals surface area contributed by atoms with E-state index in [-0.39, 0.29) is 0 Å². The average molecular weight is 184 g/mol. The number of hydrogen-bond acceptors (Lipinski definition) is 3. The maximum Gasteiger partial charge on any atom is 0.0558 e. The second-order valence-electron chi connectivity index (χ2n) is 4.53. The van der Waals surface area contributed by atoms with Crippen molar-refractivity contribution in [2.45, 2.75) is 24.8 Å². The summed E-state index contributed by atoms with van der Waals surface area (Å²) in [4.78, 5) is 4.91. The summed E-state index contributed by atoms with van der Waals surface area (Å²) >= 11 is 0. The predicted octanol–water partition coefficient (Wildman–Crippen LogP) is 0.149. The molecule has 2 fully saturated rings. The predicted molar refractivity (Wildman–Crippen MR) is 52.7 cm³/mol.